The van der Waals surface area contributed by atoms with Crippen molar-refractivity contribution < 1.29 is 25.3 Å². The lowest BCUT2D eigenvalue weighted by atomic mass is 10.3. The second-order valence-electron chi connectivity index (χ2n) is 3.91. The van der Waals surface area contributed by atoms with Crippen LogP contribution in [-0.2, 0) is 0 Å². The summed E-state index contributed by atoms with van der Waals surface area (Å²) < 4.78 is 0.338. The number of nitrogens with one attached hydrogen (secondary N) is 3. The Balaban J connectivity index is 0.00000264. The number of nitrogens with zero attached hydrogens (tertiary/aromatic N) is 1. The Hall–Kier alpha value is -3.74. The van der Waals surface area contributed by atoms with E-state index in [2.05, 4.69) is 0 Å². The maximum absolute atomic E-state index is 11.7. The van der Waals surface area contributed by atoms with Gasteiger partial charge in [0.2, 0.25) is 0 Å². The van der Waals surface area contributed by atoms with Crippen LogP contribution in [0.2, 0.25) is 0 Å². The van der Waals surface area contributed by atoms with Gasteiger partial charge in [0.05, 0.1) is 0 Å². The molecule has 0 aliphatic carbocycles. The van der Waals surface area contributed by atoms with Gasteiger partial charge >= 0.3 is 23.3 Å². The lowest BCUT2D eigenvalue weighted by Gasteiger charge is -2.07. The highest BCUT2D eigenvalue weighted by Gasteiger charge is 2.21. The fourth-order valence-corrected chi connectivity index (χ4v) is 1.64. The summed E-state index contributed by atoms with van der Waals surface area (Å²) >= 11 is 0. The van der Waals surface area contributed by atoms with Crippen molar-refractivity contribution in [3.05, 3.63) is 59.0 Å². The van der Waals surface area contributed by atoms with Crippen molar-refractivity contribution >= 4 is 11.9 Å². The van der Waals surface area contributed by atoms with E-state index in [1.165, 1.54) is 0 Å². The summed E-state index contributed by atoms with van der Waals surface area (Å²) in [4.78, 5) is 72.9. The zero-order valence-corrected chi connectivity index (χ0v) is 10.9. The van der Waals surface area contributed by atoms with Crippen LogP contribution in [0.25, 0.3) is 5.82 Å². The molecule has 13 nitrogen and oxygen atoms in total. The highest BCUT2D eigenvalue weighted by atomic mass is 16.4. The number of carboxylic acids is 2. The number of H-pyrrole nitrogens is 3. The molecule has 2 heterocycles. The Bertz CT molecular complexity index is 1020. The lowest BCUT2D eigenvalue weighted by molar-refractivity contribution is 0.0685. The number of carboxylic acid groups (broad SMARTS) is 2. The minimum atomic E-state index is -1.78. The summed E-state index contributed by atoms with van der Waals surface area (Å²) in [5.41, 5.74) is -6.79. The largest absolute Gasteiger partial charge is 0.477 e. The van der Waals surface area contributed by atoms with Crippen molar-refractivity contribution in [2.45, 2.75) is 0 Å². The summed E-state index contributed by atoms with van der Waals surface area (Å²) in [6.45, 7) is 0. The van der Waals surface area contributed by atoms with E-state index in [-0.39, 0.29) is 5.48 Å². The van der Waals surface area contributed by atoms with Gasteiger partial charge in [-0.3, -0.25) is 29.1 Å². The summed E-state index contributed by atoms with van der Waals surface area (Å²) in [6.07, 6.45) is 0.501. The van der Waals surface area contributed by atoms with E-state index in [9.17, 15) is 28.8 Å². The normalized spacial score (nSPS) is 9.91. The molecule has 0 fully saturated rings. The average Bonchev–Trinajstić information content (AvgIpc) is 2.36. The Morgan fingerprint density at radius 3 is 2.04 bits per heavy atom. The van der Waals surface area contributed by atoms with E-state index in [1.54, 1.807) is 9.97 Å². The third-order valence-corrected chi connectivity index (χ3v) is 2.55. The molecule has 0 aliphatic rings. The molecule has 0 saturated heterocycles. The SMILES string of the molecule is O.O=C(O)c1cn(-c2[nH]c(=O)[nH]c(=O)c2C(=O)O)c(=O)[nH]c1=O. The van der Waals surface area contributed by atoms with Crippen LogP contribution in [0.3, 0.4) is 0 Å². The zero-order valence-electron chi connectivity index (χ0n) is 10.9. The lowest BCUT2D eigenvalue weighted by Crippen LogP contribution is -2.37. The number of rotatable bonds is 3. The molecule has 0 radical (unpaired) electrons. The van der Waals surface area contributed by atoms with Crippen LogP contribution in [0.15, 0.2) is 25.4 Å². The first-order valence-electron chi connectivity index (χ1n) is 5.42. The van der Waals surface area contributed by atoms with Crippen LogP contribution in [-0.4, -0.2) is 47.1 Å². The maximum Gasteiger partial charge on any atom is 0.345 e. The van der Waals surface area contributed by atoms with E-state index in [4.69, 9.17) is 10.2 Å². The Morgan fingerprint density at radius 2 is 1.52 bits per heavy atom. The van der Waals surface area contributed by atoms with Crippen molar-refractivity contribution in [3.8, 4) is 5.82 Å². The quantitative estimate of drug-likeness (QED) is 0.378. The van der Waals surface area contributed by atoms with Crippen LogP contribution < -0.4 is 22.5 Å². The van der Waals surface area contributed by atoms with Gasteiger partial charge in [-0.2, -0.15) is 0 Å². The van der Waals surface area contributed by atoms with Crippen LogP contribution in [0, 0.1) is 0 Å². The minimum absolute atomic E-state index is 0. The van der Waals surface area contributed by atoms with Gasteiger partial charge in [-0.25, -0.2) is 19.2 Å². The Kier molecular flexibility index (Phi) is 4.47. The third kappa shape index (κ3) is 2.98. The number of aromatic carboxylic acids is 2. The highest BCUT2D eigenvalue weighted by Crippen LogP contribution is 2.03. The number of hydrogen-bond donors (Lipinski definition) is 5. The first-order chi connectivity index (χ1) is 10.2. The van der Waals surface area contributed by atoms with Crippen molar-refractivity contribution in [2.24, 2.45) is 0 Å². The summed E-state index contributed by atoms with van der Waals surface area (Å²) in [5.74, 6) is -4.26. The molecule has 13 heteroatoms. The van der Waals surface area contributed by atoms with E-state index < -0.39 is 51.4 Å². The topological polar surface area (TPSA) is 227 Å². The molecule has 2 aromatic heterocycles. The van der Waals surface area contributed by atoms with E-state index in [0.717, 1.165) is 0 Å². The number of carbonyl (C=O) groups is 2. The second kappa shape index (κ2) is 5.94. The fourth-order valence-electron chi connectivity index (χ4n) is 1.64. The average molecular weight is 328 g/mol. The molecule has 0 atom stereocenters. The first-order valence-corrected chi connectivity index (χ1v) is 5.42. The van der Waals surface area contributed by atoms with Crippen molar-refractivity contribution in [1.29, 1.82) is 0 Å². The first kappa shape index (κ1) is 17.3. The molecule has 122 valence electrons. The van der Waals surface area contributed by atoms with Crippen molar-refractivity contribution in [3.63, 3.8) is 0 Å². The van der Waals surface area contributed by atoms with Gasteiger partial charge in [0.1, 0.15) is 11.4 Å². The number of hydrogen-bond acceptors (Lipinski definition) is 6. The van der Waals surface area contributed by atoms with Crippen LogP contribution in [0.4, 0.5) is 0 Å². The number of aromatic nitrogens is 4. The molecule has 0 aromatic carbocycles. The molecule has 2 aromatic rings. The third-order valence-electron chi connectivity index (χ3n) is 2.55. The maximum atomic E-state index is 11.7. The van der Waals surface area contributed by atoms with Crippen molar-refractivity contribution in [2.75, 3.05) is 0 Å². The van der Waals surface area contributed by atoms with Crippen LogP contribution in [0.5, 0.6) is 0 Å². The summed E-state index contributed by atoms with van der Waals surface area (Å²) in [6, 6.07) is 0. The van der Waals surface area contributed by atoms with Gasteiger partial charge in [0, 0.05) is 6.20 Å². The molecule has 0 spiro atoms. The molecule has 7 N–H and O–H groups in total. The predicted molar refractivity (Wildman–Crippen MR) is 71.4 cm³/mol. The fraction of sp³-hybridized carbons (Fsp3) is 0. The van der Waals surface area contributed by atoms with E-state index in [0.29, 0.717) is 10.8 Å². The molecular formula is C10H8N4O9. The monoisotopic (exact) mass is 328 g/mol. The van der Waals surface area contributed by atoms with Gasteiger partial charge in [-0.05, 0) is 0 Å². The smallest absolute Gasteiger partial charge is 0.345 e. The number of aromatic amines is 3. The summed E-state index contributed by atoms with van der Waals surface area (Å²) in [7, 11) is 0. The second-order valence-corrected chi connectivity index (χ2v) is 3.91. The Labute approximate surface area is 122 Å². The molecule has 2 rings (SSSR count). The van der Waals surface area contributed by atoms with Gasteiger partial charge < -0.3 is 15.7 Å². The van der Waals surface area contributed by atoms with Gasteiger partial charge in [-0.15, -0.1) is 0 Å². The van der Waals surface area contributed by atoms with Gasteiger partial charge in [-0.1, -0.05) is 0 Å². The molecule has 0 aliphatic heterocycles. The van der Waals surface area contributed by atoms with Crippen molar-refractivity contribution in [1.82, 2.24) is 19.5 Å². The molecule has 0 amide bonds. The highest BCUT2D eigenvalue weighted by molar-refractivity contribution is 5.91. The molecule has 0 unspecified atom stereocenters. The standard InChI is InChI=1S/C10H6N4O8.H2O/c15-5-2(7(17)18)1-14(10(22)13-5)4-3(8(19)20)6(16)12-9(21)11-4;/h1H,(H,17,18)(H,19,20)(H,13,15,22)(H2,11,12,16,21);1H2. The minimum Gasteiger partial charge on any atom is -0.477 e. The molecule has 23 heavy (non-hydrogen) atoms. The molecular weight excluding hydrogens is 320 g/mol. The molecule has 0 saturated carbocycles. The van der Waals surface area contributed by atoms with Crippen LogP contribution in [0.1, 0.15) is 20.7 Å². The predicted octanol–water partition coefficient (Wildman–Crippen LogP) is -3.53. The Morgan fingerprint density at radius 1 is 0.913 bits per heavy atom. The van der Waals surface area contributed by atoms with E-state index >= 15 is 0 Å². The van der Waals surface area contributed by atoms with Gasteiger partial charge in [0.15, 0.2) is 5.56 Å². The van der Waals surface area contributed by atoms with E-state index in [1.807, 2.05) is 4.98 Å². The van der Waals surface area contributed by atoms with Gasteiger partial charge in [0.25, 0.3) is 11.1 Å². The van der Waals surface area contributed by atoms with Crippen LogP contribution >= 0.6 is 0 Å². The molecule has 0 bridgehead atoms. The zero-order chi connectivity index (χ0) is 16.6. The summed E-state index contributed by atoms with van der Waals surface area (Å²) in [5, 5.41) is 17.8.